The SMILES string of the molecule is CCOc1ccc(S(=O)(=O)N2CCC[C@@H]2c2nc3ccccc3s2)cc1. The van der Waals surface area contributed by atoms with Crippen molar-refractivity contribution in [1.29, 1.82) is 0 Å². The zero-order valence-electron chi connectivity index (χ0n) is 14.5. The van der Waals surface area contributed by atoms with E-state index in [9.17, 15) is 8.42 Å². The first-order valence-corrected chi connectivity index (χ1v) is 11.0. The second-order valence-electron chi connectivity index (χ2n) is 6.20. The highest BCUT2D eigenvalue weighted by Gasteiger charge is 2.37. The van der Waals surface area contributed by atoms with Crippen molar-refractivity contribution in [2.75, 3.05) is 13.2 Å². The van der Waals surface area contributed by atoms with Gasteiger partial charge in [0.25, 0.3) is 0 Å². The molecular weight excluding hydrogens is 368 g/mol. The minimum absolute atomic E-state index is 0.191. The molecule has 0 radical (unpaired) electrons. The van der Waals surface area contributed by atoms with Crippen molar-refractivity contribution in [2.45, 2.75) is 30.7 Å². The van der Waals surface area contributed by atoms with Gasteiger partial charge >= 0.3 is 0 Å². The van der Waals surface area contributed by atoms with E-state index in [1.165, 1.54) is 0 Å². The van der Waals surface area contributed by atoms with Crippen LogP contribution >= 0.6 is 11.3 Å². The number of fused-ring (bicyclic) bond motifs is 1. The molecule has 5 nitrogen and oxygen atoms in total. The molecule has 0 spiro atoms. The van der Waals surface area contributed by atoms with Gasteiger partial charge in [-0.25, -0.2) is 13.4 Å². The number of nitrogens with zero attached hydrogens (tertiary/aromatic N) is 2. The largest absolute Gasteiger partial charge is 0.494 e. The normalized spacial score (nSPS) is 18.4. The molecule has 1 fully saturated rings. The highest BCUT2D eigenvalue weighted by Crippen LogP contribution is 2.39. The van der Waals surface area contributed by atoms with Gasteiger partial charge in [-0.15, -0.1) is 11.3 Å². The monoisotopic (exact) mass is 388 g/mol. The van der Waals surface area contributed by atoms with Crippen LogP contribution in [0.15, 0.2) is 53.4 Å². The lowest BCUT2D eigenvalue weighted by Gasteiger charge is -2.22. The molecule has 136 valence electrons. The average Bonchev–Trinajstić information content (AvgIpc) is 3.29. The fraction of sp³-hybridized carbons (Fsp3) is 0.316. The molecule has 0 bridgehead atoms. The lowest BCUT2D eigenvalue weighted by molar-refractivity contribution is 0.340. The van der Waals surface area contributed by atoms with E-state index in [0.29, 0.717) is 23.8 Å². The Kier molecular flexibility index (Phi) is 4.69. The van der Waals surface area contributed by atoms with E-state index in [4.69, 9.17) is 4.74 Å². The fourth-order valence-electron chi connectivity index (χ4n) is 3.32. The Morgan fingerprint density at radius 2 is 1.96 bits per heavy atom. The van der Waals surface area contributed by atoms with Gasteiger partial charge in [0.2, 0.25) is 10.0 Å². The van der Waals surface area contributed by atoms with Crippen LogP contribution in [0, 0.1) is 0 Å². The van der Waals surface area contributed by atoms with Crippen LogP contribution in [0.5, 0.6) is 5.75 Å². The molecule has 1 saturated heterocycles. The van der Waals surface area contributed by atoms with E-state index in [-0.39, 0.29) is 6.04 Å². The zero-order chi connectivity index (χ0) is 18.1. The standard InChI is InChI=1S/C19H20N2O3S2/c1-2-24-14-9-11-15(12-10-14)26(22,23)21-13-5-7-17(21)19-20-16-6-3-4-8-18(16)25-19/h3-4,6,8-12,17H,2,5,7,13H2,1H3/t17-/m1/s1. The maximum Gasteiger partial charge on any atom is 0.243 e. The summed E-state index contributed by atoms with van der Waals surface area (Å²) in [6.07, 6.45) is 1.65. The van der Waals surface area contributed by atoms with Crippen molar-refractivity contribution in [3.8, 4) is 5.75 Å². The van der Waals surface area contributed by atoms with Crippen molar-refractivity contribution >= 4 is 31.6 Å². The third-order valence-electron chi connectivity index (χ3n) is 4.54. The molecule has 1 aromatic heterocycles. The highest BCUT2D eigenvalue weighted by atomic mass is 32.2. The highest BCUT2D eigenvalue weighted by molar-refractivity contribution is 7.89. The number of hydrogen-bond donors (Lipinski definition) is 0. The number of thiazole rings is 1. The van der Waals surface area contributed by atoms with E-state index in [1.54, 1.807) is 39.9 Å². The maximum absolute atomic E-state index is 13.2. The molecule has 2 heterocycles. The van der Waals surface area contributed by atoms with Crippen LogP contribution in [0.4, 0.5) is 0 Å². The number of rotatable bonds is 5. The van der Waals surface area contributed by atoms with Crippen molar-refractivity contribution in [3.63, 3.8) is 0 Å². The lowest BCUT2D eigenvalue weighted by atomic mass is 10.2. The topological polar surface area (TPSA) is 59.5 Å². The Hall–Kier alpha value is -1.96. The van der Waals surface area contributed by atoms with Gasteiger partial charge in [0.1, 0.15) is 10.8 Å². The summed E-state index contributed by atoms with van der Waals surface area (Å²) in [7, 11) is -3.56. The molecule has 3 aromatic rings. The first-order valence-electron chi connectivity index (χ1n) is 8.70. The summed E-state index contributed by atoms with van der Waals surface area (Å²) in [5.74, 6) is 0.676. The molecule has 0 amide bonds. The van der Waals surface area contributed by atoms with Crippen LogP contribution < -0.4 is 4.74 Å². The van der Waals surface area contributed by atoms with Crippen LogP contribution in [0.1, 0.15) is 30.8 Å². The first-order chi connectivity index (χ1) is 12.6. The predicted octanol–water partition coefficient (Wildman–Crippen LogP) is 4.22. The van der Waals surface area contributed by atoms with Crippen LogP contribution in [0.3, 0.4) is 0 Å². The minimum atomic E-state index is -3.56. The predicted molar refractivity (Wildman–Crippen MR) is 103 cm³/mol. The van der Waals surface area contributed by atoms with Crippen LogP contribution in [-0.4, -0.2) is 30.9 Å². The average molecular weight is 389 g/mol. The fourth-order valence-corrected chi connectivity index (χ4v) is 6.16. The van der Waals surface area contributed by atoms with Crippen molar-refractivity contribution in [1.82, 2.24) is 9.29 Å². The summed E-state index contributed by atoms with van der Waals surface area (Å²) in [4.78, 5) is 4.98. The van der Waals surface area contributed by atoms with Crippen LogP contribution in [0.25, 0.3) is 10.2 Å². The molecule has 26 heavy (non-hydrogen) atoms. The minimum Gasteiger partial charge on any atom is -0.494 e. The Morgan fingerprint density at radius 1 is 1.19 bits per heavy atom. The van der Waals surface area contributed by atoms with Crippen molar-refractivity contribution in [2.24, 2.45) is 0 Å². The van der Waals surface area contributed by atoms with E-state index in [1.807, 2.05) is 31.2 Å². The molecule has 7 heteroatoms. The number of benzene rings is 2. The molecule has 0 N–H and O–H groups in total. The second-order valence-corrected chi connectivity index (χ2v) is 9.15. The molecule has 2 aromatic carbocycles. The van der Waals surface area contributed by atoms with Crippen molar-refractivity contribution in [3.05, 3.63) is 53.5 Å². The lowest BCUT2D eigenvalue weighted by Crippen LogP contribution is -2.30. The number of ether oxygens (including phenoxy) is 1. The summed E-state index contributed by atoms with van der Waals surface area (Å²) in [5.41, 5.74) is 0.929. The Bertz CT molecular complexity index is 980. The molecule has 1 atom stereocenters. The van der Waals surface area contributed by atoms with E-state index >= 15 is 0 Å². The van der Waals surface area contributed by atoms with E-state index in [2.05, 4.69) is 4.98 Å². The number of hydrogen-bond acceptors (Lipinski definition) is 5. The third kappa shape index (κ3) is 3.11. The summed E-state index contributed by atoms with van der Waals surface area (Å²) in [6, 6.07) is 14.4. The summed E-state index contributed by atoms with van der Waals surface area (Å²) < 4.78 is 34.4. The van der Waals surface area contributed by atoms with Gasteiger partial charge in [-0.2, -0.15) is 4.31 Å². The van der Waals surface area contributed by atoms with Gasteiger partial charge < -0.3 is 4.74 Å². The van der Waals surface area contributed by atoms with E-state index in [0.717, 1.165) is 28.1 Å². The molecule has 0 aliphatic carbocycles. The maximum atomic E-state index is 13.2. The third-order valence-corrected chi connectivity index (χ3v) is 7.60. The Labute approximate surface area is 157 Å². The first kappa shape index (κ1) is 17.5. The molecule has 0 unspecified atom stereocenters. The quantitative estimate of drug-likeness (QED) is 0.657. The van der Waals surface area contributed by atoms with Gasteiger partial charge in [0.05, 0.1) is 27.8 Å². The summed E-state index contributed by atoms with van der Waals surface area (Å²) >= 11 is 1.58. The van der Waals surface area contributed by atoms with Gasteiger partial charge in [0, 0.05) is 6.54 Å². The smallest absolute Gasteiger partial charge is 0.243 e. The molecule has 4 rings (SSSR count). The van der Waals surface area contributed by atoms with Gasteiger partial charge in [-0.1, -0.05) is 12.1 Å². The van der Waals surface area contributed by atoms with Gasteiger partial charge in [-0.3, -0.25) is 0 Å². The number of sulfonamides is 1. The molecule has 0 saturated carbocycles. The second kappa shape index (κ2) is 6.98. The van der Waals surface area contributed by atoms with Gasteiger partial charge in [-0.05, 0) is 56.2 Å². The molecule has 1 aliphatic heterocycles. The Balaban J connectivity index is 1.66. The van der Waals surface area contributed by atoms with E-state index < -0.39 is 10.0 Å². The zero-order valence-corrected chi connectivity index (χ0v) is 16.1. The van der Waals surface area contributed by atoms with Crippen LogP contribution in [0.2, 0.25) is 0 Å². The number of aromatic nitrogens is 1. The van der Waals surface area contributed by atoms with Crippen LogP contribution in [-0.2, 0) is 10.0 Å². The number of para-hydroxylation sites is 1. The summed E-state index contributed by atoms with van der Waals surface area (Å²) in [5, 5.41) is 0.873. The molecular formula is C19H20N2O3S2. The molecule has 1 aliphatic rings. The summed E-state index contributed by atoms with van der Waals surface area (Å²) in [6.45, 7) is 2.98. The van der Waals surface area contributed by atoms with Crippen molar-refractivity contribution < 1.29 is 13.2 Å². The Morgan fingerprint density at radius 3 is 2.69 bits per heavy atom. The van der Waals surface area contributed by atoms with Gasteiger partial charge in [0.15, 0.2) is 0 Å².